The number of aryl methyl sites for hydroxylation is 3. The van der Waals surface area contributed by atoms with Gasteiger partial charge in [0.25, 0.3) is 5.91 Å². The van der Waals surface area contributed by atoms with Gasteiger partial charge in [0.15, 0.2) is 0 Å². The highest BCUT2D eigenvalue weighted by Gasteiger charge is 2.31. The number of nitrogens with zero attached hydrogens (tertiary/aromatic N) is 3. The molecule has 3 heterocycles. The second-order valence-electron chi connectivity index (χ2n) is 9.95. The molecule has 0 radical (unpaired) electrons. The van der Waals surface area contributed by atoms with Crippen LogP contribution in [0.25, 0.3) is 0 Å². The van der Waals surface area contributed by atoms with Crippen molar-refractivity contribution in [1.29, 1.82) is 0 Å². The summed E-state index contributed by atoms with van der Waals surface area (Å²) in [6, 6.07) is 12.6. The van der Waals surface area contributed by atoms with E-state index in [1.807, 2.05) is 39.8 Å². The average molecular weight is 561 g/mol. The van der Waals surface area contributed by atoms with E-state index < -0.39 is 17.6 Å². The molecule has 11 heteroatoms. The van der Waals surface area contributed by atoms with Crippen LogP contribution in [0, 0.1) is 27.7 Å². The SMILES string of the molecule is Cc1cc(Nc2ncc3c(c2C)NC(=O)N(c2cc(NC(=O)c4cccc(C(F)(F)F)c4)ccc2C)C3)cc(C)n1. The third-order valence-corrected chi connectivity index (χ3v) is 6.76. The Morgan fingerprint density at radius 2 is 1.71 bits per heavy atom. The number of aromatic nitrogens is 2. The molecule has 8 nitrogen and oxygen atoms in total. The molecule has 3 amide bonds. The maximum Gasteiger partial charge on any atom is 0.416 e. The zero-order valence-corrected chi connectivity index (χ0v) is 22.8. The van der Waals surface area contributed by atoms with Crippen molar-refractivity contribution in [1.82, 2.24) is 9.97 Å². The van der Waals surface area contributed by atoms with Crippen LogP contribution in [0.3, 0.4) is 0 Å². The number of benzene rings is 2. The minimum atomic E-state index is -4.56. The number of carbonyl (C=O) groups is 2. The zero-order valence-electron chi connectivity index (χ0n) is 22.8. The minimum absolute atomic E-state index is 0.130. The number of fused-ring (bicyclic) bond motifs is 1. The van der Waals surface area contributed by atoms with Crippen molar-refractivity contribution >= 4 is 40.5 Å². The smallest absolute Gasteiger partial charge is 0.340 e. The van der Waals surface area contributed by atoms with E-state index in [1.165, 1.54) is 17.0 Å². The van der Waals surface area contributed by atoms with Crippen molar-refractivity contribution in [3.05, 3.63) is 100.0 Å². The highest BCUT2D eigenvalue weighted by atomic mass is 19.4. The number of rotatable bonds is 5. The number of carbonyl (C=O) groups excluding carboxylic acids is 2. The largest absolute Gasteiger partial charge is 0.416 e. The van der Waals surface area contributed by atoms with Gasteiger partial charge in [0, 0.05) is 45.6 Å². The van der Waals surface area contributed by atoms with Crippen molar-refractivity contribution < 1.29 is 22.8 Å². The maximum absolute atomic E-state index is 13.3. The lowest BCUT2D eigenvalue weighted by atomic mass is 10.1. The first kappa shape index (κ1) is 27.6. The lowest BCUT2D eigenvalue weighted by Gasteiger charge is -2.32. The van der Waals surface area contributed by atoms with E-state index in [-0.39, 0.29) is 18.1 Å². The number of nitrogens with one attached hydrogen (secondary N) is 3. The number of pyridine rings is 2. The fourth-order valence-electron chi connectivity index (χ4n) is 4.76. The Balaban J connectivity index is 1.38. The van der Waals surface area contributed by atoms with Crippen LogP contribution in [-0.4, -0.2) is 21.9 Å². The second kappa shape index (κ2) is 10.6. The fraction of sp³-hybridized carbons (Fsp3) is 0.200. The summed E-state index contributed by atoms with van der Waals surface area (Å²) < 4.78 is 39.3. The Morgan fingerprint density at radius 1 is 0.976 bits per heavy atom. The van der Waals surface area contributed by atoms with Crippen LogP contribution in [0.5, 0.6) is 0 Å². The van der Waals surface area contributed by atoms with Gasteiger partial charge in [-0.3, -0.25) is 14.7 Å². The van der Waals surface area contributed by atoms with Crippen LogP contribution in [-0.2, 0) is 12.7 Å². The van der Waals surface area contributed by atoms with Crippen LogP contribution >= 0.6 is 0 Å². The molecule has 3 N–H and O–H groups in total. The molecule has 5 rings (SSSR count). The van der Waals surface area contributed by atoms with E-state index >= 15 is 0 Å². The summed E-state index contributed by atoms with van der Waals surface area (Å²) in [6.45, 7) is 7.75. The molecule has 41 heavy (non-hydrogen) atoms. The van der Waals surface area contributed by atoms with Crippen LogP contribution in [0.1, 0.15) is 44.0 Å². The number of halogens is 3. The van der Waals surface area contributed by atoms with Gasteiger partial charge in [0.1, 0.15) is 5.82 Å². The van der Waals surface area contributed by atoms with Gasteiger partial charge in [0.2, 0.25) is 0 Å². The van der Waals surface area contributed by atoms with Crippen LogP contribution in [0.15, 0.2) is 60.8 Å². The van der Waals surface area contributed by atoms with Gasteiger partial charge in [-0.15, -0.1) is 0 Å². The summed E-state index contributed by atoms with van der Waals surface area (Å²) in [4.78, 5) is 36.5. The van der Waals surface area contributed by atoms with Crippen LogP contribution < -0.4 is 20.9 Å². The first-order valence-corrected chi connectivity index (χ1v) is 12.8. The molecule has 0 unspecified atom stereocenters. The first-order chi connectivity index (χ1) is 19.4. The van der Waals surface area contributed by atoms with Crippen LogP contribution in [0.4, 0.5) is 46.5 Å². The topological polar surface area (TPSA) is 99.3 Å². The maximum atomic E-state index is 13.3. The van der Waals surface area contributed by atoms with Crippen molar-refractivity contribution in [3.8, 4) is 0 Å². The van der Waals surface area contributed by atoms with Gasteiger partial charge in [0.05, 0.1) is 23.5 Å². The number of urea groups is 1. The zero-order chi connectivity index (χ0) is 29.5. The van der Waals surface area contributed by atoms with Crippen molar-refractivity contribution in [3.63, 3.8) is 0 Å². The first-order valence-electron chi connectivity index (χ1n) is 12.8. The molecule has 0 fully saturated rings. The van der Waals surface area contributed by atoms with Gasteiger partial charge < -0.3 is 16.0 Å². The molecular weight excluding hydrogens is 533 g/mol. The molecule has 1 aliphatic rings. The normalized spacial score (nSPS) is 13.0. The standard InChI is InChI=1S/C30H27F3N6O2/c1-16-8-9-23(37-28(40)20-6-5-7-22(12-20)30(31,32)33)13-25(16)39-15-21-14-34-27(19(4)26(21)38-29(39)41)36-24-10-17(2)35-18(3)11-24/h5-14H,15H2,1-4H3,(H,37,40)(H,38,41)(H,34,35,36). The molecule has 0 atom stereocenters. The highest BCUT2D eigenvalue weighted by molar-refractivity contribution is 6.07. The van der Waals surface area contributed by atoms with E-state index in [0.29, 0.717) is 22.9 Å². The summed E-state index contributed by atoms with van der Waals surface area (Å²) in [6.07, 6.45) is -2.86. The molecule has 4 aromatic rings. The number of hydrogen-bond donors (Lipinski definition) is 3. The minimum Gasteiger partial charge on any atom is -0.340 e. The molecular formula is C30H27F3N6O2. The van der Waals surface area contributed by atoms with Gasteiger partial charge >= 0.3 is 12.2 Å². The quantitative estimate of drug-likeness (QED) is 0.238. The molecule has 2 aromatic heterocycles. The Hall–Kier alpha value is -4.93. The summed E-state index contributed by atoms with van der Waals surface area (Å²) in [7, 11) is 0. The van der Waals surface area contributed by atoms with Crippen molar-refractivity contribution in [2.75, 3.05) is 20.9 Å². The monoisotopic (exact) mass is 560 g/mol. The highest BCUT2D eigenvalue weighted by Crippen LogP contribution is 2.35. The fourth-order valence-corrected chi connectivity index (χ4v) is 4.76. The van der Waals surface area contributed by atoms with Crippen molar-refractivity contribution in [2.45, 2.75) is 40.4 Å². The average Bonchev–Trinajstić information content (AvgIpc) is 2.90. The lowest BCUT2D eigenvalue weighted by Crippen LogP contribution is -2.39. The molecule has 0 saturated heterocycles. The molecule has 210 valence electrons. The Bertz CT molecular complexity index is 1670. The number of alkyl halides is 3. The summed E-state index contributed by atoms with van der Waals surface area (Å²) in [5.74, 6) is -0.0863. The molecule has 2 aromatic carbocycles. The summed E-state index contributed by atoms with van der Waals surface area (Å²) in [5.41, 5.74) is 5.43. The van der Waals surface area contributed by atoms with E-state index in [1.54, 1.807) is 24.4 Å². The molecule has 0 saturated carbocycles. The number of amides is 3. The van der Waals surface area contributed by atoms with Gasteiger partial charge in [-0.05, 0) is 75.7 Å². The number of anilines is 5. The number of hydrogen-bond acceptors (Lipinski definition) is 5. The predicted octanol–water partition coefficient (Wildman–Crippen LogP) is 7.28. The van der Waals surface area contributed by atoms with Crippen molar-refractivity contribution in [2.24, 2.45) is 0 Å². The Kier molecular flexibility index (Phi) is 7.12. The van der Waals surface area contributed by atoms with Gasteiger partial charge in [-0.25, -0.2) is 9.78 Å². The summed E-state index contributed by atoms with van der Waals surface area (Å²) in [5, 5.41) is 8.90. The lowest BCUT2D eigenvalue weighted by molar-refractivity contribution is -0.137. The van der Waals surface area contributed by atoms with E-state index in [2.05, 4.69) is 25.9 Å². The summed E-state index contributed by atoms with van der Waals surface area (Å²) >= 11 is 0. The third kappa shape index (κ3) is 5.84. The molecule has 0 spiro atoms. The second-order valence-corrected chi connectivity index (χ2v) is 9.95. The van der Waals surface area contributed by atoms with E-state index in [4.69, 9.17) is 0 Å². The Morgan fingerprint density at radius 3 is 2.41 bits per heavy atom. The van der Waals surface area contributed by atoms with E-state index in [9.17, 15) is 22.8 Å². The molecule has 0 bridgehead atoms. The van der Waals surface area contributed by atoms with E-state index in [0.717, 1.165) is 45.9 Å². The van der Waals surface area contributed by atoms with Gasteiger partial charge in [-0.1, -0.05) is 12.1 Å². The third-order valence-electron chi connectivity index (χ3n) is 6.76. The van der Waals surface area contributed by atoms with Gasteiger partial charge in [-0.2, -0.15) is 13.2 Å². The molecule has 0 aliphatic carbocycles. The molecule has 1 aliphatic heterocycles. The predicted molar refractivity (Wildman–Crippen MR) is 152 cm³/mol. The van der Waals surface area contributed by atoms with Crippen LogP contribution in [0.2, 0.25) is 0 Å². The Labute approximate surface area is 234 Å².